The van der Waals surface area contributed by atoms with Crippen LogP contribution in [0, 0.1) is 0 Å². The topological polar surface area (TPSA) is 67.8 Å². The highest BCUT2D eigenvalue weighted by Crippen LogP contribution is 2.34. The van der Waals surface area contributed by atoms with E-state index in [-0.39, 0.29) is 12.2 Å². The number of hydrogen-bond donors (Lipinski definition) is 2. The van der Waals surface area contributed by atoms with E-state index in [1.165, 1.54) is 12.1 Å². The van der Waals surface area contributed by atoms with Gasteiger partial charge in [-0.25, -0.2) is 4.79 Å². The number of rotatable bonds is 9. The molecule has 0 saturated heterocycles. The molecule has 0 atom stereocenters. The largest absolute Gasteiger partial charge is 0.490 e. The van der Waals surface area contributed by atoms with Gasteiger partial charge in [-0.2, -0.15) is 0 Å². The Morgan fingerprint density at radius 2 is 1.77 bits per heavy atom. The van der Waals surface area contributed by atoms with Crippen molar-refractivity contribution in [3.05, 3.63) is 86.4 Å². The van der Waals surface area contributed by atoms with Gasteiger partial charge in [0.1, 0.15) is 6.61 Å². The Balaban J connectivity index is 1.84. The first-order chi connectivity index (χ1) is 14.9. The molecule has 0 aliphatic rings. The molecule has 5 nitrogen and oxygen atoms in total. The quantitative estimate of drug-likeness (QED) is 0.347. The van der Waals surface area contributed by atoms with Crippen molar-refractivity contribution >= 4 is 46.5 Å². The Morgan fingerprint density at radius 3 is 2.48 bits per heavy atom. The highest BCUT2D eigenvalue weighted by Gasteiger charge is 2.14. The molecule has 0 radical (unpaired) electrons. The smallest absolute Gasteiger partial charge is 0.335 e. The molecule has 3 aromatic rings. The van der Waals surface area contributed by atoms with Gasteiger partial charge in [0.05, 0.1) is 22.9 Å². The van der Waals surface area contributed by atoms with E-state index in [2.05, 4.69) is 5.32 Å². The molecule has 0 spiro atoms. The Bertz CT molecular complexity index is 1090. The van der Waals surface area contributed by atoms with Crippen molar-refractivity contribution in [2.45, 2.75) is 20.1 Å². The number of halogens is 3. The van der Waals surface area contributed by atoms with Gasteiger partial charge in [0.15, 0.2) is 11.5 Å². The van der Waals surface area contributed by atoms with Crippen LogP contribution in [0.5, 0.6) is 11.5 Å². The van der Waals surface area contributed by atoms with Gasteiger partial charge < -0.3 is 19.9 Å². The second-order valence-electron chi connectivity index (χ2n) is 6.56. The number of nitrogens with one attached hydrogen (secondary N) is 1. The first-order valence-electron chi connectivity index (χ1n) is 9.47. The first-order valence-corrected chi connectivity index (χ1v) is 10.6. The first kappa shape index (κ1) is 23.1. The van der Waals surface area contributed by atoms with E-state index in [1.807, 2.05) is 31.2 Å². The summed E-state index contributed by atoms with van der Waals surface area (Å²) in [5, 5.41) is 13.9. The molecule has 0 bridgehead atoms. The molecule has 0 amide bonds. The van der Waals surface area contributed by atoms with E-state index in [0.29, 0.717) is 45.4 Å². The lowest BCUT2D eigenvalue weighted by Crippen LogP contribution is -2.07. The van der Waals surface area contributed by atoms with Crippen LogP contribution in [0.4, 0.5) is 5.69 Å². The van der Waals surface area contributed by atoms with Gasteiger partial charge in [0.2, 0.25) is 0 Å². The van der Waals surface area contributed by atoms with Gasteiger partial charge in [-0.1, -0.05) is 53.0 Å². The monoisotopic (exact) mass is 479 g/mol. The molecular weight excluding hydrogens is 461 g/mol. The minimum atomic E-state index is -1.03. The molecule has 0 heterocycles. The zero-order chi connectivity index (χ0) is 22.4. The summed E-state index contributed by atoms with van der Waals surface area (Å²) in [6.07, 6.45) is 0. The second kappa shape index (κ2) is 10.6. The minimum Gasteiger partial charge on any atom is -0.490 e. The fourth-order valence-corrected chi connectivity index (χ4v) is 3.55. The van der Waals surface area contributed by atoms with Crippen LogP contribution in [-0.4, -0.2) is 17.7 Å². The van der Waals surface area contributed by atoms with E-state index >= 15 is 0 Å². The number of benzene rings is 3. The molecule has 8 heteroatoms. The van der Waals surface area contributed by atoms with Crippen LogP contribution in [0.25, 0.3) is 0 Å². The van der Waals surface area contributed by atoms with Gasteiger partial charge in [-0.05, 0) is 43.3 Å². The lowest BCUT2D eigenvalue weighted by atomic mass is 10.1. The van der Waals surface area contributed by atoms with Gasteiger partial charge >= 0.3 is 5.97 Å². The molecule has 0 aliphatic carbocycles. The standard InChI is InChI=1S/C23H20Cl3NO4/c1-2-30-21-5-3-4-15(12-27-20-10-14(23(28)29)7-9-18(20)25)22(21)31-13-16-6-8-17(24)11-19(16)26/h3-11,27H,2,12-13H2,1H3,(H,28,29). The number of carbonyl (C=O) groups is 1. The predicted molar refractivity (Wildman–Crippen MR) is 124 cm³/mol. The predicted octanol–water partition coefficient (Wildman–Crippen LogP) is 6.93. The molecule has 0 aliphatic heterocycles. The zero-order valence-corrected chi connectivity index (χ0v) is 18.9. The molecule has 31 heavy (non-hydrogen) atoms. The second-order valence-corrected chi connectivity index (χ2v) is 7.81. The Labute approximate surface area is 195 Å². The fraction of sp³-hybridized carbons (Fsp3) is 0.174. The van der Waals surface area contributed by atoms with Gasteiger partial charge in [0.25, 0.3) is 0 Å². The summed E-state index contributed by atoms with van der Waals surface area (Å²) >= 11 is 18.5. The van der Waals surface area contributed by atoms with Crippen molar-refractivity contribution in [3.8, 4) is 11.5 Å². The maximum absolute atomic E-state index is 11.3. The molecule has 3 rings (SSSR count). The van der Waals surface area contributed by atoms with Crippen molar-refractivity contribution in [2.24, 2.45) is 0 Å². The summed E-state index contributed by atoms with van der Waals surface area (Å²) in [4.78, 5) is 11.3. The van der Waals surface area contributed by atoms with Crippen molar-refractivity contribution in [1.29, 1.82) is 0 Å². The third kappa shape index (κ3) is 5.97. The summed E-state index contributed by atoms with van der Waals surface area (Å²) in [5.74, 6) is 0.132. The summed E-state index contributed by atoms with van der Waals surface area (Å²) < 4.78 is 11.8. The number of carboxylic acid groups (broad SMARTS) is 1. The maximum Gasteiger partial charge on any atom is 0.335 e. The van der Waals surface area contributed by atoms with Crippen LogP contribution in [0.15, 0.2) is 54.6 Å². The zero-order valence-electron chi connectivity index (χ0n) is 16.6. The summed E-state index contributed by atoms with van der Waals surface area (Å²) in [5.41, 5.74) is 2.25. The van der Waals surface area contributed by atoms with Crippen molar-refractivity contribution in [2.75, 3.05) is 11.9 Å². The number of carboxylic acids is 1. The molecule has 0 unspecified atom stereocenters. The molecular formula is C23H20Cl3NO4. The highest BCUT2D eigenvalue weighted by molar-refractivity contribution is 6.35. The number of aromatic carboxylic acids is 1. The number of anilines is 1. The van der Waals surface area contributed by atoms with Crippen LogP contribution < -0.4 is 14.8 Å². The summed E-state index contributed by atoms with van der Waals surface area (Å²) in [7, 11) is 0. The van der Waals surface area contributed by atoms with E-state index < -0.39 is 5.97 Å². The fourth-order valence-electron chi connectivity index (χ4n) is 2.91. The van der Waals surface area contributed by atoms with Crippen LogP contribution in [0.3, 0.4) is 0 Å². The molecule has 2 N–H and O–H groups in total. The molecule has 0 saturated carbocycles. The SMILES string of the molecule is CCOc1cccc(CNc2cc(C(=O)O)ccc2Cl)c1OCc1ccc(Cl)cc1Cl. The van der Waals surface area contributed by atoms with Crippen LogP contribution in [0.1, 0.15) is 28.4 Å². The number of ether oxygens (including phenoxy) is 2. The average Bonchev–Trinajstić information content (AvgIpc) is 2.73. The third-order valence-electron chi connectivity index (χ3n) is 4.43. The lowest BCUT2D eigenvalue weighted by Gasteiger charge is -2.18. The maximum atomic E-state index is 11.3. The lowest BCUT2D eigenvalue weighted by molar-refractivity contribution is 0.0697. The third-order valence-corrected chi connectivity index (χ3v) is 5.35. The van der Waals surface area contributed by atoms with E-state index in [9.17, 15) is 9.90 Å². The van der Waals surface area contributed by atoms with Gasteiger partial charge in [0, 0.05) is 27.7 Å². The van der Waals surface area contributed by atoms with E-state index in [0.717, 1.165) is 11.1 Å². The van der Waals surface area contributed by atoms with Crippen LogP contribution in [-0.2, 0) is 13.2 Å². The summed E-state index contributed by atoms with van der Waals surface area (Å²) in [6, 6.07) is 15.3. The van der Waals surface area contributed by atoms with E-state index in [1.54, 1.807) is 18.2 Å². The van der Waals surface area contributed by atoms with Crippen LogP contribution in [0.2, 0.25) is 15.1 Å². The Kier molecular flexibility index (Phi) is 7.91. The molecule has 3 aromatic carbocycles. The average molecular weight is 481 g/mol. The van der Waals surface area contributed by atoms with Gasteiger partial charge in [-0.3, -0.25) is 0 Å². The number of para-hydroxylation sites is 1. The van der Waals surface area contributed by atoms with Crippen molar-refractivity contribution in [1.82, 2.24) is 0 Å². The Hall–Kier alpha value is -2.60. The minimum absolute atomic E-state index is 0.142. The molecule has 162 valence electrons. The highest BCUT2D eigenvalue weighted by atomic mass is 35.5. The van der Waals surface area contributed by atoms with Crippen LogP contribution >= 0.6 is 34.8 Å². The Morgan fingerprint density at radius 1 is 0.968 bits per heavy atom. The molecule has 0 fully saturated rings. The molecule has 0 aromatic heterocycles. The summed E-state index contributed by atoms with van der Waals surface area (Å²) in [6.45, 7) is 2.93. The van der Waals surface area contributed by atoms with Gasteiger partial charge in [-0.15, -0.1) is 0 Å². The van der Waals surface area contributed by atoms with E-state index in [4.69, 9.17) is 44.3 Å². The van der Waals surface area contributed by atoms with Crippen molar-refractivity contribution in [3.63, 3.8) is 0 Å². The normalized spacial score (nSPS) is 10.6. The number of hydrogen-bond acceptors (Lipinski definition) is 4. The van der Waals surface area contributed by atoms with Crippen molar-refractivity contribution < 1.29 is 19.4 Å².